The normalized spacial score (nSPS) is 45.0. The minimum Gasteiger partial charge on any atom is -0.390 e. The van der Waals surface area contributed by atoms with Gasteiger partial charge in [-0.25, -0.2) is 0 Å². The van der Waals surface area contributed by atoms with Crippen LogP contribution < -0.4 is 5.32 Å². The summed E-state index contributed by atoms with van der Waals surface area (Å²) in [5.74, 6) is 0.0875. The molecule has 1 aromatic heterocycles. The summed E-state index contributed by atoms with van der Waals surface area (Å²) in [7, 11) is 0. The number of piperidine rings is 1. The number of carbonyl (C=O) groups is 1. The molecule has 7 heteroatoms. The average molecular weight is 355 g/mol. The predicted octanol–water partition coefficient (Wildman–Crippen LogP) is 0.203. The van der Waals surface area contributed by atoms with E-state index >= 15 is 0 Å². The zero-order valence-corrected chi connectivity index (χ0v) is 14.1. The van der Waals surface area contributed by atoms with Gasteiger partial charge in [0.05, 0.1) is 40.8 Å². The van der Waals surface area contributed by atoms with Crippen LogP contribution in [0.15, 0.2) is 22.8 Å². The Morgan fingerprint density at radius 3 is 3.12 bits per heavy atom. The van der Waals surface area contributed by atoms with Crippen molar-refractivity contribution in [2.75, 3.05) is 6.54 Å². The Bertz CT molecular complexity index is 949. The van der Waals surface area contributed by atoms with Crippen molar-refractivity contribution >= 4 is 23.2 Å². The molecule has 25 heavy (non-hydrogen) atoms. The highest BCUT2D eigenvalue weighted by atomic mass is 32.2. The zero-order valence-electron chi connectivity index (χ0n) is 13.3. The van der Waals surface area contributed by atoms with E-state index < -0.39 is 17.6 Å². The highest BCUT2D eigenvalue weighted by Crippen LogP contribution is 2.67. The van der Waals surface area contributed by atoms with Crippen LogP contribution in [-0.4, -0.2) is 62.1 Å². The number of aromatic nitrogens is 1. The monoisotopic (exact) mass is 355 g/mol. The molecule has 4 aliphatic heterocycles. The zero-order chi connectivity index (χ0) is 16.7. The maximum Gasteiger partial charge on any atom is 0.200 e. The molecule has 4 N–H and O–H groups in total. The smallest absolute Gasteiger partial charge is 0.200 e. The van der Waals surface area contributed by atoms with E-state index in [1.54, 1.807) is 11.8 Å². The van der Waals surface area contributed by atoms with Crippen molar-refractivity contribution in [3.63, 3.8) is 0 Å². The lowest BCUT2D eigenvalue weighted by atomic mass is 9.57. The number of fused-ring (bicyclic) bond motifs is 3. The SMILES string of the molecule is O=C1c2[nH]cc3c2C2=C4C1N[C@@H]1C[C@@]45C(=C[C@@H](O)[C@H]([C@@H]5O)N2CC3)S1. The number of aromatic amines is 1. The number of H-pyrrole nitrogens is 1. The van der Waals surface area contributed by atoms with Crippen molar-refractivity contribution in [1.29, 1.82) is 0 Å². The molecule has 1 aromatic rings. The van der Waals surface area contributed by atoms with E-state index in [9.17, 15) is 15.0 Å². The van der Waals surface area contributed by atoms with Gasteiger partial charge in [-0.15, -0.1) is 11.8 Å². The number of ketones is 1. The van der Waals surface area contributed by atoms with Crippen molar-refractivity contribution < 1.29 is 15.0 Å². The molecule has 0 aromatic carbocycles. The summed E-state index contributed by atoms with van der Waals surface area (Å²) in [5.41, 5.74) is 4.53. The molecule has 1 unspecified atom stereocenters. The molecule has 0 amide bonds. The fourth-order valence-electron chi connectivity index (χ4n) is 6.17. The fraction of sp³-hybridized carbons (Fsp3) is 0.500. The molecule has 6 aliphatic rings. The van der Waals surface area contributed by atoms with E-state index in [-0.39, 0.29) is 23.2 Å². The first-order valence-corrected chi connectivity index (χ1v) is 9.76. The number of aliphatic hydroxyl groups excluding tert-OH is 2. The number of aliphatic hydroxyl groups is 2. The number of rotatable bonds is 0. The van der Waals surface area contributed by atoms with E-state index in [0.29, 0.717) is 5.69 Å². The number of Topliss-reactive ketones (excluding diaryl/α,β-unsaturated/α-hetero) is 1. The maximum absolute atomic E-state index is 13.2. The number of nitrogens with one attached hydrogen (secondary N) is 2. The van der Waals surface area contributed by atoms with Gasteiger partial charge in [0.1, 0.15) is 0 Å². The second kappa shape index (κ2) is 3.91. The molecule has 1 spiro atoms. The van der Waals surface area contributed by atoms with Gasteiger partial charge in [-0.2, -0.15) is 0 Å². The molecule has 2 aliphatic carbocycles. The summed E-state index contributed by atoms with van der Waals surface area (Å²) >= 11 is 1.67. The molecule has 6 atom stereocenters. The van der Waals surface area contributed by atoms with Gasteiger partial charge >= 0.3 is 0 Å². The van der Waals surface area contributed by atoms with E-state index in [1.807, 2.05) is 12.3 Å². The third kappa shape index (κ3) is 1.23. The third-order valence-electron chi connectivity index (χ3n) is 7.07. The van der Waals surface area contributed by atoms with Gasteiger partial charge in [0.15, 0.2) is 0 Å². The number of nitrogens with zero attached hydrogens (tertiary/aromatic N) is 1. The lowest BCUT2D eigenvalue weighted by molar-refractivity contribution is -0.0617. The van der Waals surface area contributed by atoms with Crippen molar-refractivity contribution in [3.8, 4) is 0 Å². The predicted molar refractivity (Wildman–Crippen MR) is 91.7 cm³/mol. The molecule has 7 rings (SSSR count). The van der Waals surface area contributed by atoms with Crippen LogP contribution in [-0.2, 0) is 6.42 Å². The van der Waals surface area contributed by atoms with E-state index in [2.05, 4.69) is 15.2 Å². The Kier molecular flexibility index (Phi) is 2.13. The van der Waals surface area contributed by atoms with E-state index in [1.165, 1.54) is 5.56 Å². The van der Waals surface area contributed by atoms with Crippen LogP contribution in [0, 0.1) is 5.41 Å². The first-order chi connectivity index (χ1) is 12.1. The topological polar surface area (TPSA) is 88.6 Å². The lowest BCUT2D eigenvalue weighted by Crippen LogP contribution is -2.68. The Balaban J connectivity index is 1.66. The number of carbonyl (C=O) groups excluding carboxylic acids is 1. The Hall–Kier alpha value is -1.54. The van der Waals surface area contributed by atoms with Crippen LogP contribution in [0.3, 0.4) is 0 Å². The van der Waals surface area contributed by atoms with Gasteiger partial charge < -0.3 is 20.1 Å². The van der Waals surface area contributed by atoms with Crippen molar-refractivity contribution in [1.82, 2.24) is 15.2 Å². The van der Waals surface area contributed by atoms with Crippen LogP contribution in [0.4, 0.5) is 0 Å². The highest BCUT2D eigenvalue weighted by molar-refractivity contribution is 8.04. The van der Waals surface area contributed by atoms with Gasteiger partial charge in [-0.3, -0.25) is 10.1 Å². The number of thioether (sulfide) groups is 1. The summed E-state index contributed by atoms with van der Waals surface area (Å²) in [6.07, 6.45) is 4.16. The van der Waals surface area contributed by atoms with Crippen molar-refractivity contribution in [3.05, 3.63) is 39.6 Å². The molecular formula is C18H17N3O3S. The standard InChI is InChI=1S/C18H17N3O3S/c22-7-3-8-18-4-9(25-8)20-13-11(18)15-10-6(5-19-12(10)16(13)23)1-2-21(15)14(7)17(18)24/h3,5,7,9,13-14,17,19-20,22,24H,1-2,4H2/t7-,9+,13?,14-,17+,18-/m1/s1. The lowest BCUT2D eigenvalue weighted by Gasteiger charge is -2.59. The van der Waals surface area contributed by atoms with Crippen LogP contribution in [0.5, 0.6) is 0 Å². The maximum atomic E-state index is 13.2. The highest BCUT2D eigenvalue weighted by Gasteiger charge is 2.68. The van der Waals surface area contributed by atoms with Crippen molar-refractivity contribution in [2.45, 2.75) is 42.5 Å². The van der Waals surface area contributed by atoms with E-state index in [0.717, 1.165) is 41.1 Å². The largest absolute Gasteiger partial charge is 0.390 e. The first-order valence-electron chi connectivity index (χ1n) is 8.88. The molecule has 0 saturated carbocycles. The summed E-state index contributed by atoms with van der Waals surface area (Å²) in [5, 5.41) is 25.8. The number of hydrogen-bond donors (Lipinski definition) is 4. The van der Waals surface area contributed by atoms with E-state index in [4.69, 9.17) is 0 Å². The van der Waals surface area contributed by atoms with Crippen LogP contribution in [0.2, 0.25) is 0 Å². The van der Waals surface area contributed by atoms with Crippen LogP contribution >= 0.6 is 11.8 Å². The van der Waals surface area contributed by atoms with Gasteiger partial charge in [0.25, 0.3) is 0 Å². The summed E-state index contributed by atoms with van der Waals surface area (Å²) < 4.78 is 0. The molecule has 5 heterocycles. The van der Waals surface area contributed by atoms with Crippen LogP contribution in [0.1, 0.15) is 28.0 Å². The molecule has 2 fully saturated rings. The molecular weight excluding hydrogens is 338 g/mol. The number of hydrogen-bond acceptors (Lipinski definition) is 6. The molecule has 0 radical (unpaired) electrons. The Morgan fingerprint density at radius 1 is 1.36 bits per heavy atom. The minimum atomic E-state index is -0.684. The molecule has 2 saturated heterocycles. The Labute approximate surface area is 148 Å². The van der Waals surface area contributed by atoms with Gasteiger partial charge in [0, 0.05) is 24.0 Å². The van der Waals surface area contributed by atoms with Gasteiger partial charge in [0.2, 0.25) is 5.78 Å². The quantitative estimate of drug-likeness (QED) is 0.532. The second-order valence-corrected chi connectivity index (χ2v) is 9.22. The summed E-state index contributed by atoms with van der Waals surface area (Å²) in [4.78, 5) is 19.6. The van der Waals surface area contributed by atoms with Gasteiger partial charge in [-0.05, 0) is 35.0 Å². The van der Waals surface area contributed by atoms with Crippen LogP contribution in [0.25, 0.3) is 5.70 Å². The summed E-state index contributed by atoms with van der Waals surface area (Å²) in [6.45, 7) is 0.763. The molecule has 128 valence electrons. The second-order valence-electron chi connectivity index (χ2n) is 7.97. The van der Waals surface area contributed by atoms with Crippen molar-refractivity contribution in [2.24, 2.45) is 5.41 Å². The first kappa shape index (κ1) is 13.6. The molecule has 3 bridgehead atoms. The Morgan fingerprint density at radius 2 is 2.24 bits per heavy atom. The summed E-state index contributed by atoms with van der Waals surface area (Å²) in [6, 6.07) is -0.706. The third-order valence-corrected chi connectivity index (χ3v) is 8.41. The molecule has 6 nitrogen and oxygen atoms in total. The minimum absolute atomic E-state index is 0.0875. The average Bonchev–Trinajstić information content (AvgIpc) is 3.13. The van der Waals surface area contributed by atoms with Gasteiger partial charge in [-0.1, -0.05) is 0 Å². The fourth-order valence-corrected chi connectivity index (χ4v) is 7.76.